The molecule has 7 heteroatoms. The van der Waals surface area contributed by atoms with Crippen LogP contribution in [0.2, 0.25) is 0 Å². The first kappa shape index (κ1) is 17.6. The minimum absolute atomic E-state index is 0.218. The second-order valence-corrected chi connectivity index (χ2v) is 5.63. The van der Waals surface area contributed by atoms with E-state index in [9.17, 15) is 14.4 Å². The third-order valence-electron chi connectivity index (χ3n) is 3.90. The van der Waals surface area contributed by atoms with Crippen LogP contribution in [0.25, 0.3) is 0 Å². The molecule has 0 heterocycles. The van der Waals surface area contributed by atoms with Crippen molar-refractivity contribution >= 4 is 17.7 Å². The molecule has 4 atom stereocenters. The number of amides is 1. The summed E-state index contributed by atoms with van der Waals surface area (Å²) in [6.07, 6.45) is 1.61. The molecule has 7 nitrogen and oxygen atoms in total. The van der Waals surface area contributed by atoms with E-state index in [1.54, 1.807) is 13.8 Å². The highest BCUT2D eigenvalue weighted by Crippen LogP contribution is 2.36. The first-order valence-corrected chi connectivity index (χ1v) is 7.29. The van der Waals surface area contributed by atoms with Crippen molar-refractivity contribution in [3.05, 3.63) is 0 Å². The molecule has 0 aliphatic heterocycles. The molecule has 0 saturated heterocycles. The number of nitrogens with two attached hydrogens (primary N) is 2. The predicted octanol–water partition coefficient (Wildman–Crippen LogP) is -0.532. The van der Waals surface area contributed by atoms with Crippen LogP contribution in [-0.4, -0.2) is 41.9 Å². The summed E-state index contributed by atoms with van der Waals surface area (Å²) in [6.45, 7) is 5.02. The molecule has 1 saturated carbocycles. The zero-order chi connectivity index (χ0) is 16.2. The molecule has 0 aromatic rings. The summed E-state index contributed by atoms with van der Waals surface area (Å²) in [5.41, 5.74) is 10.3. The van der Waals surface area contributed by atoms with Gasteiger partial charge in [0.2, 0.25) is 5.91 Å². The highest BCUT2D eigenvalue weighted by atomic mass is 16.5. The van der Waals surface area contributed by atoms with Crippen LogP contribution in [-0.2, 0) is 19.1 Å². The van der Waals surface area contributed by atoms with Crippen LogP contribution in [0.1, 0.15) is 40.0 Å². The van der Waals surface area contributed by atoms with Crippen LogP contribution in [0.15, 0.2) is 0 Å². The zero-order valence-electron chi connectivity index (χ0n) is 12.8. The summed E-state index contributed by atoms with van der Waals surface area (Å²) in [5.74, 6) is -1.85. The molecule has 120 valence electrons. The van der Waals surface area contributed by atoms with E-state index >= 15 is 0 Å². The van der Waals surface area contributed by atoms with E-state index in [1.165, 1.54) is 6.92 Å². The molecule has 2 unspecified atom stereocenters. The highest BCUT2D eigenvalue weighted by molar-refractivity contribution is 5.97. The lowest BCUT2D eigenvalue weighted by atomic mass is 9.82. The van der Waals surface area contributed by atoms with Crippen molar-refractivity contribution in [1.29, 1.82) is 0 Å². The number of hydrogen-bond donors (Lipinski definition) is 3. The number of hydrogen-bond acceptors (Lipinski definition) is 6. The number of nitrogens with one attached hydrogen (secondary N) is 1. The third kappa shape index (κ3) is 3.79. The summed E-state index contributed by atoms with van der Waals surface area (Å²) >= 11 is 0. The monoisotopic (exact) mass is 299 g/mol. The molecule has 1 fully saturated rings. The number of rotatable bonds is 6. The average Bonchev–Trinajstić information content (AvgIpc) is 2.81. The van der Waals surface area contributed by atoms with E-state index < -0.39 is 35.4 Å². The van der Waals surface area contributed by atoms with Crippen LogP contribution < -0.4 is 16.8 Å². The Morgan fingerprint density at radius 3 is 2.52 bits per heavy atom. The molecular weight excluding hydrogens is 274 g/mol. The van der Waals surface area contributed by atoms with Gasteiger partial charge in [-0.1, -0.05) is 6.42 Å². The number of Topliss-reactive ketones (excluding diaryl/α,β-unsaturated/α-hetero) is 1. The number of ether oxygens (including phenoxy) is 1. The van der Waals surface area contributed by atoms with Gasteiger partial charge in [0, 0.05) is 5.92 Å². The third-order valence-corrected chi connectivity index (χ3v) is 3.90. The van der Waals surface area contributed by atoms with E-state index in [4.69, 9.17) is 16.2 Å². The van der Waals surface area contributed by atoms with Crippen molar-refractivity contribution < 1.29 is 19.1 Å². The van der Waals surface area contributed by atoms with Crippen molar-refractivity contribution in [1.82, 2.24) is 5.32 Å². The lowest BCUT2D eigenvalue weighted by molar-refractivity contribution is -0.153. The van der Waals surface area contributed by atoms with Crippen molar-refractivity contribution in [2.45, 2.75) is 57.7 Å². The Bertz CT molecular complexity index is 424. The van der Waals surface area contributed by atoms with Gasteiger partial charge in [-0.05, 0) is 33.6 Å². The van der Waals surface area contributed by atoms with E-state index in [0.29, 0.717) is 19.3 Å². The highest BCUT2D eigenvalue weighted by Gasteiger charge is 2.51. The number of carbonyl (C=O) groups is 3. The molecule has 1 aliphatic rings. The molecule has 0 aromatic heterocycles. The van der Waals surface area contributed by atoms with Gasteiger partial charge in [0.1, 0.15) is 5.54 Å². The van der Waals surface area contributed by atoms with Crippen LogP contribution in [0.5, 0.6) is 0 Å². The van der Waals surface area contributed by atoms with Crippen LogP contribution in [0, 0.1) is 5.92 Å². The molecule has 0 radical (unpaired) electrons. The largest absolute Gasteiger partial charge is 0.465 e. The average molecular weight is 299 g/mol. The predicted molar refractivity (Wildman–Crippen MR) is 77.2 cm³/mol. The first-order chi connectivity index (χ1) is 9.74. The quantitative estimate of drug-likeness (QED) is 0.566. The topological polar surface area (TPSA) is 125 Å². The van der Waals surface area contributed by atoms with E-state index in [1.807, 2.05) is 0 Å². The van der Waals surface area contributed by atoms with Crippen molar-refractivity contribution in [3.63, 3.8) is 0 Å². The smallest absolute Gasteiger partial charge is 0.326 e. The zero-order valence-corrected chi connectivity index (χ0v) is 12.8. The summed E-state index contributed by atoms with van der Waals surface area (Å²) in [6, 6.07) is -1.43. The number of carbonyl (C=O) groups excluding carboxylic acids is 3. The number of esters is 1. The molecular formula is C14H25N3O4. The minimum Gasteiger partial charge on any atom is -0.465 e. The summed E-state index contributed by atoms with van der Waals surface area (Å²) < 4.78 is 4.98. The van der Waals surface area contributed by atoms with Crippen LogP contribution in [0.4, 0.5) is 0 Å². The van der Waals surface area contributed by atoms with Gasteiger partial charge in [-0.2, -0.15) is 0 Å². The maximum absolute atomic E-state index is 12.5. The fourth-order valence-electron chi connectivity index (χ4n) is 2.65. The molecule has 0 spiro atoms. The van der Waals surface area contributed by atoms with Gasteiger partial charge in [-0.15, -0.1) is 0 Å². The Morgan fingerprint density at radius 1 is 1.38 bits per heavy atom. The lowest BCUT2D eigenvalue weighted by Gasteiger charge is -2.30. The molecule has 0 aromatic carbocycles. The van der Waals surface area contributed by atoms with Crippen LogP contribution in [0.3, 0.4) is 0 Å². The van der Waals surface area contributed by atoms with Gasteiger partial charge in [0.15, 0.2) is 5.78 Å². The van der Waals surface area contributed by atoms with Gasteiger partial charge < -0.3 is 21.5 Å². The molecule has 1 rings (SSSR count). The molecule has 5 N–H and O–H groups in total. The summed E-state index contributed by atoms with van der Waals surface area (Å²) in [4.78, 5) is 36.1. The second kappa shape index (κ2) is 7.00. The van der Waals surface area contributed by atoms with Crippen molar-refractivity contribution in [2.24, 2.45) is 17.4 Å². The standard InChI is InChI=1S/C14H25N3O4/c1-4-21-13(20)14(16)7-5-6-10(14)11(18)9(3)17-12(19)8(2)15/h8-10H,4-7,15-16H2,1-3H3,(H,17,19)/t8-,9-,10?,14?/m0/s1. The van der Waals surface area contributed by atoms with Gasteiger partial charge in [0.05, 0.1) is 18.7 Å². The van der Waals surface area contributed by atoms with Crippen molar-refractivity contribution in [2.75, 3.05) is 6.61 Å². The van der Waals surface area contributed by atoms with Gasteiger partial charge in [0.25, 0.3) is 0 Å². The number of ketones is 1. The van der Waals surface area contributed by atoms with E-state index in [2.05, 4.69) is 5.32 Å². The lowest BCUT2D eigenvalue weighted by Crippen LogP contribution is -2.57. The Kier molecular flexibility index (Phi) is 5.86. The minimum atomic E-state index is -1.29. The molecule has 1 amide bonds. The van der Waals surface area contributed by atoms with Gasteiger partial charge in [-0.25, -0.2) is 0 Å². The maximum Gasteiger partial charge on any atom is 0.326 e. The van der Waals surface area contributed by atoms with E-state index in [0.717, 1.165) is 0 Å². The fourth-order valence-corrected chi connectivity index (χ4v) is 2.65. The maximum atomic E-state index is 12.5. The molecule has 1 aliphatic carbocycles. The fraction of sp³-hybridized carbons (Fsp3) is 0.786. The van der Waals surface area contributed by atoms with Gasteiger partial charge in [-0.3, -0.25) is 14.4 Å². The Balaban J connectivity index is 2.80. The second-order valence-electron chi connectivity index (χ2n) is 5.63. The van der Waals surface area contributed by atoms with Crippen molar-refractivity contribution in [3.8, 4) is 0 Å². The Morgan fingerprint density at radius 2 is 2.00 bits per heavy atom. The normalized spacial score (nSPS) is 27.8. The van der Waals surface area contributed by atoms with Crippen LogP contribution >= 0.6 is 0 Å². The molecule has 0 bridgehead atoms. The summed E-state index contributed by atoms with van der Waals surface area (Å²) in [5, 5.41) is 2.54. The summed E-state index contributed by atoms with van der Waals surface area (Å²) in [7, 11) is 0. The Labute approximate surface area is 124 Å². The van der Waals surface area contributed by atoms with E-state index in [-0.39, 0.29) is 12.4 Å². The SMILES string of the molecule is CCOC(=O)C1(N)CCCC1C(=O)[C@H](C)NC(=O)[C@H](C)N. The Hall–Kier alpha value is -1.47. The van der Waals surface area contributed by atoms with Gasteiger partial charge >= 0.3 is 5.97 Å². The molecule has 21 heavy (non-hydrogen) atoms. The first-order valence-electron chi connectivity index (χ1n) is 7.29.